The van der Waals surface area contributed by atoms with Gasteiger partial charge in [-0.2, -0.15) is 0 Å². The Morgan fingerprint density at radius 2 is 1.63 bits per heavy atom. The van der Waals surface area contributed by atoms with Gasteiger partial charge in [-0.05, 0) is 51.0 Å². The zero-order valence-corrected chi connectivity index (χ0v) is 17.6. The Balaban J connectivity index is 1.64. The SMILES string of the molecule is CO/N=C(\C)c1cccc(CCCO/N=C(\c2ccccc2)c2cccc(C)n2)n1. The lowest BCUT2D eigenvalue weighted by atomic mass is 10.1. The first-order chi connectivity index (χ1) is 14.7. The molecule has 0 saturated heterocycles. The number of oxime groups is 2. The largest absolute Gasteiger partial charge is 0.399 e. The van der Waals surface area contributed by atoms with E-state index in [9.17, 15) is 0 Å². The average molecular weight is 402 g/mol. The van der Waals surface area contributed by atoms with Gasteiger partial charge in [0, 0.05) is 17.0 Å². The van der Waals surface area contributed by atoms with Crippen molar-refractivity contribution in [1.82, 2.24) is 9.97 Å². The van der Waals surface area contributed by atoms with Gasteiger partial charge in [0.25, 0.3) is 0 Å². The zero-order chi connectivity index (χ0) is 21.2. The van der Waals surface area contributed by atoms with Crippen LogP contribution in [0, 0.1) is 6.92 Å². The molecule has 0 unspecified atom stereocenters. The van der Waals surface area contributed by atoms with Gasteiger partial charge in [-0.1, -0.05) is 52.8 Å². The first-order valence-electron chi connectivity index (χ1n) is 9.91. The van der Waals surface area contributed by atoms with E-state index < -0.39 is 0 Å². The van der Waals surface area contributed by atoms with Gasteiger partial charge in [0.2, 0.25) is 0 Å². The molecule has 0 N–H and O–H groups in total. The molecule has 3 rings (SSSR count). The summed E-state index contributed by atoms with van der Waals surface area (Å²) in [6, 6.07) is 21.7. The Hall–Kier alpha value is -3.54. The molecule has 6 nitrogen and oxygen atoms in total. The summed E-state index contributed by atoms with van der Waals surface area (Å²) in [5.74, 6) is 0. The summed E-state index contributed by atoms with van der Waals surface area (Å²) in [5, 5.41) is 8.34. The van der Waals surface area contributed by atoms with E-state index in [0.29, 0.717) is 6.61 Å². The number of benzene rings is 1. The maximum Gasteiger partial charge on any atom is 0.135 e. The van der Waals surface area contributed by atoms with E-state index in [2.05, 4.69) is 20.3 Å². The minimum atomic E-state index is 0.485. The summed E-state index contributed by atoms with van der Waals surface area (Å²) >= 11 is 0. The third-order valence-corrected chi connectivity index (χ3v) is 4.41. The third kappa shape index (κ3) is 5.98. The fourth-order valence-electron chi connectivity index (χ4n) is 2.95. The molecule has 0 radical (unpaired) electrons. The summed E-state index contributed by atoms with van der Waals surface area (Å²) in [6.07, 6.45) is 1.58. The van der Waals surface area contributed by atoms with Crippen LogP contribution in [0.25, 0.3) is 0 Å². The predicted octanol–water partition coefficient (Wildman–Crippen LogP) is 4.56. The van der Waals surface area contributed by atoms with Gasteiger partial charge in [0.1, 0.15) is 25.1 Å². The van der Waals surface area contributed by atoms with Crippen LogP contribution in [0.1, 0.15) is 41.7 Å². The van der Waals surface area contributed by atoms with Crippen molar-refractivity contribution in [3.63, 3.8) is 0 Å². The summed E-state index contributed by atoms with van der Waals surface area (Å²) in [6.45, 7) is 4.32. The van der Waals surface area contributed by atoms with Crippen molar-refractivity contribution in [2.75, 3.05) is 13.7 Å². The second kappa shape index (κ2) is 10.9. The lowest BCUT2D eigenvalue weighted by molar-refractivity contribution is 0.142. The van der Waals surface area contributed by atoms with E-state index in [1.807, 2.05) is 80.6 Å². The molecule has 0 fully saturated rings. The fourth-order valence-corrected chi connectivity index (χ4v) is 2.95. The normalized spacial score (nSPS) is 12.0. The smallest absolute Gasteiger partial charge is 0.135 e. The molecule has 0 saturated carbocycles. The van der Waals surface area contributed by atoms with Gasteiger partial charge in [-0.25, -0.2) is 0 Å². The standard InChI is InChI=1S/C24H26N4O2/c1-18-10-7-16-23(25-18)24(20-11-5-4-6-12-20)28-30-17-9-14-21-13-8-15-22(26-21)19(2)27-29-3/h4-8,10-13,15-16H,9,14,17H2,1-3H3/b27-19+,28-24+. The van der Waals surface area contributed by atoms with E-state index >= 15 is 0 Å². The highest BCUT2D eigenvalue weighted by Gasteiger charge is 2.09. The molecule has 0 aliphatic heterocycles. The highest BCUT2D eigenvalue weighted by Crippen LogP contribution is 2.11. The summed E-state index contributed by atoms with van der Waals surface area (Å²) < 4.78 is 0. The highest BCUT2D eigenvalue weighted by atomic mass is 16.6. The molecule has 0 spiro atoms. The van der Waals surface area contributed by atoms with Crippen LogP contribution in [-0.4, -0.2) is 35.1 Å². The topological polar surface area (TPSA) is 69.0 Å². The van der Waals surface area contributed by atoms with Crippen LogP contribution in [0.2, 0.25) is 0 Å². The zero-order valence-electron chi connectivity index (χ0n) is 17.6. The van der Waals surface area contributed by atoms with Crippen molar-refractivity contribution in [3.05, 3.63) is 95.1 Å². The Morgan fingerprint density at radius 1 is 0.867 bits per heavy atom. The minimum absolute atomic E-state index is 0.485. The summed E-state index contributed by atoms with van der Waals surface area (Å²) in [5.41, 5.74) is 5.97. The van der Waals surface area contributed by atoms with Crippen LogP contribution in [0.4, 0.5) is 0 Å². The van der Waals surface area contributed by atoms with Crippen LogP contribution in [-0.2, 0) is 16.1 Å². The average Bonchev–Trinajstić information content (AvgIpc) is 2.77. The molecule has 3 aromatic rings. The van der Waals surface area contributed by atoms with Crippen molar-refractivity contribution in [2.24, 2.45) is 10.3 Å². The molecule has 0 amide bonds. The number of aromatic nitrogens is 2. The van der Waals surface area contributed by atoms with Gasteiger partial charge < -0.3 is 9.68 Å². The molecule has 0 aliphatic carbocycles. The molecule has 154 valence electrons. The Bertz CT molecular complexity index is 1020. The number of hydrogen-bond donors (Lipinski definition) is 0. The van der Waals surface area contributed by atoms with Crippen LogP contribution in [0.5, 0.6) is 0 Å². The second-order valence-corrected chi connectivity index (χ2v) is 6.78. The monoisotopic (exact) mass is 402 g/mol. The molecule has 0 aliphatic rings. The molecular formula is C24H26N4O2. The Labute approximate surface area is 177 Å². The molecule has 2 aromatic heterocycles. The van der Waals surface area contributed by atoms with Crippen LogP contribution < -0.4 is 0 Å². The highest BCUT2D eigenvalue weighted by molar-refractivity contribution is 6.11. The number of hydrogen-bond acceptors (Lipinski definition) is 6. The number of nitrogens with zero attached hydrogens (tertiary/aromatic N) is 4. The van der Waals surface area contributed by atoms with Crippen molar-refractivity contribution >= 4 is 11.4 Å². The lowest BCUT2D eigenvalue weighted by Gasteiger charge is -2.08. The van der Waals surface area contributed by atoms with Gasteiger partial charge in [0.05, 0.1) is 11.4 Å². The van der Waals surface area contributed by atoms with Crippen molar-refractivity contribution in [3.8, 4) is 0 Å². The number of aryl methyl sites for hydroxylation is 2. The summed E-state index contributed by atoms with van der Waals surface area (Å²) in [7, 11) is 1.53. The summed E-state index contributed by atoms with van der Waals surface area (Å²) in [4.78, 5) is 19.7. The van der Waals surface area contributed by atoms with E-state index in [1.54, 1.807) is 0 Å². The van der Waals surface area contributed by atoms with Crippen LogP contribution in [0.15, 0.2) is 77.0 Å². The third-order valence-electron chi connectivity index (χ3n) is 4.41. The molecule has 30 heavy (non-hydrogen) atoms. The van der Waals surface area contributed by atoms with Crippen LogP contribution >= 0.6 is 0 Å². The molecule has 0 bridgehead atoms. The molecular weight excluding hydrogens is 376 g/mol. The maximum absolute atomic E-state index is 5.66. The molecule has 0 atom stereocenters. The Morgan fingerprint density at radius 3 is 2.40 bits per heavy atom. The van der Waals surface area contributed by atoms with E-state index in [1.165, 1.54) is 7.11 Å². The van der Waals surface area contributed by atoms with Crippen molar-refractivity contribution in [1.29, 1.82) is 0 Å². The van der Waals surface area contributed by atoms with E-state index in [0.717, 1.165) is 52.6 Å². The van der Waals surface area contributed by atoms with Crippen LogP contribution in [0.3, 0.4) is 0 Å². The van der Waals surface area contributed by atoms with Crippen molar-refractivity contribution in [2.45, 2.75) is 26.7 Å². The number of rotatable bonds is 9. The fraction of sp³-hybridized carbons (Fsp3) is 0.250. The van der Waals surface area contributed by atoms with Crippen molar-refractivity contribution < 1.29 is 9.68 Å². The predicted molar refractivity (Wildman–Crippen MR) is 119 cm³/mol. The molecule has 2 heterocycles. The molecule has 6 heteroatoms. The van der Waals surface area contributed by atoms with Gasteiger partial charge in [0.15, 0.2) is 0 Å². The van der Waals surface area contributed by atoms with Gasteiger partial charge in [-0.15, -0.1) is 0 Å². The van der Waals surface area contributed by atoms with Gasteiger partial charge in [-0.3, -0.25) is 9.97 Å². The van der Waals surface area contributed by atoms with E-state index in [-0.39, 0.29) is 0 Å². The quantitative estimate of drug-likeness (QED) is 0.299. The van der Waals surface area contributed by atoms with Gasteiger partial charge >= 0.3 is 0 Å². The molecule has 1 aromatic carbocycles. The maximum atomic E-state index is 5.66. The minimum Gasteiger partial charge on any atom is -0.399 e. The number of pyridine rings is 2. The first kappa shape index (κ1) is 21.2. The Kier molecular flexibility index (Phi) is 7.66. The lowest BCUT2D eigenvalue weighted by Crippen LogP contribution is -2.08. The van der Waals surface area contributed by atoms with E-state index in [4.69, 9.17) is 9.68 Å². The second-order valence-electron chi connectivity index (χ2n) is 6.78. The first-order valence-corrected chi connectivity index (χ1v) is 9.91.